The van der Waals surface area contributed by atoms with Gasteiger partial charge in [-0.05, 0) is 37.5 Å². The molecule has 1 aromatic rings. The van der Waals surface area contributed by atoms with Crippen LogP contribution in [-0.2, 0) is 9.47 Å². The highest BCUT2D eigenvalue weighted by Gasteiger charge is 2.34. The third kappa shape index (κ3) is 6.56. The number of hydrogen-bond acceptors (Lipinski definition) is 5. The molecule has 2 aliphatic rings. The number of nitrogens with zero attached hydrogens (tertiary/aromatic N) is 2. The fraction of sp³-hybridized carbons (Fsp3) is 0.682. The maximum Gasteiger partial charge on any atom is 0.191 e. The Morgan fingerprint density at radius 2 is 1.97 bits per heavy atom. The van der Waals surface area contributed by atoms with Crippen LogP contribution in [0.15, 0.2) is 29.3 Å². The van der Waals surface area contributed by atoms with Gasteiger partial charge in [-0.15, -0.1) is 0 Å². The monoisotopic (exact) mass is 438 g/mol. The van der Waals surface area contributed by atoms with Crippen LogP contribution in [0.2, 0.25) is 5.02 Å². The van der Waals surface area contributed by atoms with Crippen LogP contribution >= 0.6 is 11.6 Å². The number of nitrogens with one attached hydrogen (secondary N) is 2. The predicted molar refractivity (Wildman–Crippen MR) is 120 cm³/mol. The number of rotatable bonds is 9. The molecule has 1 aromatic carbocycles. The zero-order chi connectivity index (χ0) is 21.2. The summed E-state index contributed by atoms with van der Waals surface area (Å²) in [6.07, 6.45) is 1.66. The Bertz CT molecular complexity index is 659. The number of morpholine rings is 1. The number of hydrogen-bond donors (Lipinski definition) is 3. The molecule has 2 aliphatic heterocycles. The molecule has 7 nitrogen and oxygen atoms in total. The van der Waals surface area contributed by atoms with E-state index in [1.807, 2.05) is 12.1 Å². The largest absolute Gasteiger partial charge is 0.396 e. The molecule has 3 rings (SSSR count). The Hall–Kier alpha value is -1.38. The number of benzene rings is 1. The zero-order valence-corrected chi connectivity index (χ0v) is 18.7. The summed E-state index contributed by atoms with van der Waals surface area (Å²) in [4.78, 5) is 7.30. The molecule has 0 spiro atoms. The minimum atomic E-state index is -0.0586. The maximum atomic E-state index is 9.47. The molecule has 0 bridgehead atoms. The fourth-order valence-electron chi connectivity index (χ4n) is 4.10. The lowest BCUT2D eigenvalue weighted by molar-refractivity contribution is 0.0170. The van der Waals surface area contributed by atoms with E-state index in [1.54, 1.807) is 0 Å². The molecule has 0 saturated carbocycles. The van der Waals surface area contributed by atoms with E-state index in [4.69, 9.17) is 26.1 Å². The van der Waals surface area contributed by atoms with Crippen molar-refractivity contribution in [3.05, 3.63) is 34.9 Å². The SMILES string of the molecule is CCNC(=NCC1(CCO)CCOC1)NCC(c1ccc(Cl)cc1)N1CCOCC1. The van der Waals surface area contributed by atoms with Gasteiger partial charge in [-0.1, -0.05) is 23.7 Å². The van der Waals surface area contributed by atoms with E-state index >= 15 is 0 Å². The maximum absolute atomic E-state index is 9.47. The molecule has 0 amide bonds. The molecular weight excluding hydrogens is 404 g/mol. The number of aliphatic hydroxyl groups excluding tert-OH is 1. The quantitative estimate of drug-likeness (QED) is 0.404. The van der Waals surface area contributed by atoms with Gasteiger partial charge < -0.3 is 25.2 Å². The number of ether oxygens (including phenoxy) is 2. The van der Waals surface area contributed by atoms with Crippen LogP contribution in [-0.4, -0.2) is 81.7 Å². The fourth-order valence-corrected chi connectivity index (χ4v) is 4.23. The van der Waals surface area contributed by atoms with Crippen molar-refractivity contribution in [3.63, 3.8) is 0 Å². The van der Waals surface area contributed by atoms with Gasteiger partial charge in [-0.25, -0.2) is 0 Å². The second kappa shape index (κ2) is 11.9. The molecule has 168 valence electrons. The number of guanidine groups is 1. The standard InChI is InChI=1S/C22H35ClN4O3/c1-2-24-21(26-16-22(7-11-28)8-12-30-17-22)25-15-20(27-9-13-29-14-10-27)18-3-5-19(23)6-4-18/h3-6,20,28H,2,7-17H2,1H3,(H2,24,25,26). The van der Waals surface area contributed by atoms with E-state index in [9.17, 15) is 5.11 Å². The van der Waals surface area contributed by atoms with Gasteiger partial charge in [0.25, 0.3) is 0 Å². The number of aliphatic imine (C=N–C) groups is 1. The summed E-state index contributed by atoms with van der Waals surface area (Å²) in [5, 5.41) is 17.1. The molecule has 3 N–H and O–H groups in total. The van der Waals surface area contributed by atoms with E-state index in [0.717, 1.165) is 69.8 Å². The highest BCUT2D eigenvalue weighted by Crippen LogP contribution is 2.32. The normalized spacial score (nSPS) is 24.0. The average Bonchev–Trinajstić information content (AvgIpc) is 3.23. The van der Waals surface area contributed by atoms with Gasteiger partial charge in [-0.3, -0.25) is 9.89 Å². The first-order chi connectivity index (χ1) is 14.7. The molecule has 2 fully saturated rings. The van der Waals surface area contributed by atoms with Gasteiger partial charge in [0.05, 0.1) is 32.4 Å². The van der Waals surface area contributed by atoms with Crippen molar-refractivity contribution in [2.75, 3.05) is 65.8 Å². The van der Waals surface area contributed by atoms with E-state index in [2.05, 4.69) is 34.6 Å². The van der Waals surface area contributed by atoms with Crippen molar-refractivity contribution in [1.29, 1.82) is 0 Å². The summed E-state index contributed by atoms with van der Waals surface area (Å²) in [5.74, 6) is 0.800. The van der Waals surface area contributed by atoms with Crippen molar-refractivity contribution < 1.29 is 14.6 Å². The third-order valence-electron chi connectivity index (χ3n) is 5.95. The minimum absolute atomic E-state index is 0.0586. The Balaban J connectivity index is 1.69. The van der Waals surface area contributed by atoms with Crippen molar-refractivity contribution in [1.82, 2.24) is 15.5 Å². The molecule has 0 aromatic heterocycles. The lowest BCUT2D eigenvalue weighted by atomic mass is 9.84. The molecule has 30 heavy (non-hydrogen) atoms. The second-order valence-electron chi connectivity index (χ2n) is 8.07. The summed E-state index contributed by atoms with van der Waals surface area (Å²) in [6, 6.07) is 8.29. The van der Waals surface area contributed by atoms with Crippen molar-refractivity contribution in [2.45, 2.75) is 25.8 Å². The lowest BCUT2D eigenvalue weighted by Crippen LogP contribution is -2.46. The van der Waals surface area contributed by atoms with Crippen molar-refractivity contribution >= 4 is 17.6 Å². The highest BCUT2D eigenvalue weighted by molar-refractivity contribution is 6.30. The van der Waals surface area contributed by atoms with E-state index in [0.29, 0.717) is 13.2 Å². The van der Waals surface area contributed by atoms with Gasteiger partial charge in [0.2, 0.25) is 0 Å². The topological polar surface area (TPSA) is 78.4 Å². The molecule has 2 atom stereocenters. The molecular formula is C22H35ClN4O3. The van der Waals surface area contributed by atoms with Crippen LogP contribution < -0.4 is 10.6 Å². The summed E-state index contributed by atoms with van der Waals surface area (Å²) < 4.78 is 11.1. The molecule has 0 aliphatic carbocycles. The number of halogens is 1. The van der Waals surface area contributed by atoms with Crippen molar-refractivity contribution in [2.24, 2.45) is 10.4 Å². The van der Waals surface area contributed by atoms with Gasteiger partial charge in [0, 0.05) is 49.8 Å². The Kier molecular flexibility index (Phi) is 9.21. The van der Waals surface area contributed by atoms with Gasteiger partial charge in [-0.2, -0.15) is 0 Å². The zero-order valence-electron chi connectivity index (χ0n) is 17.9. The van der Waals surface area contributed by atoms with Crippen LogP contribution in [0.5, 0.6) is 0 Å². The van der Waals surface area contributed by atoms with Crippen LogP contribution in [0.3, 0.4) is 0 Å². The summed E-state index contributed by atoms with van der Waals surface area (Å²) in [6.45, 7) is 9.12. The van der Waals surface area contributed by atoms with Crippen molar-refractivity contribution in [3.8, 4) is 0 Å². The van der Waals surface area contributed by atoms with Gasteiger partial charge >= 0.3 is 0 Å². The van der Waals surface area contributed by atoms with E-state index < -0.39 is 0 Å². The third-order valence-corrected chi connectivity index (χ3v) is 6.20. The summed E-state index contributed by atoms with van der Waals surface area (Å²) in [7, 11) is 0. The first-order valence-corrected chi connectivity index (χ1v) is 11.3. The second-order valence-corrected chi connectivity index (χ2v) is 8.50. The predicted octanol–water partition coefficient (Wildman–Crippen LogP) is 2.06. The van der Waals surface area contributed by atoms with E-state index in [-0.39, 0.29) is 18.1 Å². The van der Waals surface area contributed by atoms with E-state index in [1.165, 1.54) is 5.56 Å². The van der Waals surface area contributed by atoms with Gasteiger partial charge in [0.15, 0.2) is 5.96 Å². The Labute approximate surface area is 184 Å². The highest BCUT2D eigenvalue weighted by atomic mass is 35.5. The molecule has 2 unspecified atom stereocenters. The Morgan fingerprint density at radius 1 is 1.20 bits per heavy atom. The van der Waals surface area contributed by atoms with Crippen LogP contribution in [0.4, 0.5) is 0 Å². The first-order valence-electron chi connectivity index (χ1n) is 10.9. The van der Waals surface area contributed by atoms with Crippen LogP contribution in [0, 0.1) is 5.41 Å². The minimum Gasteiger partial charge on any atom is -0.396 e. The molecule has 2 heterocycles. The lowest BCUT2D eigenvalue weighted by Gasteiger charge is -2.35. The van der Waals surface area contributed by atoms with Gasteiger partial charge in [0.1, 0.15) is 0 Å². The smallest absolute Gasteiger partial charge is 0.191 e. The molecule has 8 heteroatoms. The number of aliphatic hydroxyl groups is 1. The Morgan fingerprint density at radius 3 is 2.60 bits per heavy atom. The van der Waals surface area contributed by atoms with Crippen LogP contribution in [0.1, 0.15) is 31.4 Å². The summed E-state index contributed by atoms with van der Waals surface area (Å²) >= 11 is 6.11. The van der Waals surface area contributed by atoms with Crippen LogP contribution in [0.25, 0.3) is 0 Å². The molecule has 0 radical (unpaired) electrons. The average molecular weight is 439 g/mol. The first kappa shape index (κ1) is 23.3. The summed E-state index contributed by atoms with van der Waals surface area (Å²) in [5.41, 5.74) is 1.17. The molecule has 2 saturated heterocycles.